The average molecular weight is 320 g/mol. The number of rotatable bonds is 14. The van der Waals surface area contributed by atoms with E-state index in [1.165, 1.54) is 25.7 Å². The third-order valence-corrected chi connectivity index (χ3v) is 3.35. The summed E-state index contributed by atoms with van der Waals surface area (Å²) in [7, 11) is 0. The van der Waals surface area contributed by atoms with E-state index >= 15 is 0 Å². The van der Waals surface area contributed by atoms with Crippen LogP contribution in [0.2, 0.25) is 0 Å². The number of carbonyl (C=O) groups is 1. The van der Waals surface area contributed by atoms with Crippen molar-refractivity contribution in [3.05, 3.63) is 48.6 Å². The van der Waals surface area contributed by atoms with E-state index in [0.29, 0.717) is 6.42 Å². The summed E-state index contributed by atoms with van der Waals surface area (Å²) in [4.78, 5) is 10.4. The van der Waals surface area contributed by atoms with Crippen LogP contribution in [-0.4, -0.2) is 22.3 Å². The van der Waals surface area contributed by atoms with Crippen molar-refractivity contribution >= 4 is 5.97 Å². The summed E-state index contributed by atoms with van der Waals surface area (Å²) in [6.45, 7) is 2.22. The zero-order chi connectivity index (χ0) is 17.2. The maximum absolute atomic E-state index is 10.4. The van der Waals surface area contributed by atoms with Gasteiger partial charge in [-0.3, -0.25) is 0 Å². The van der Waals surface area contributed by atoms with E-state index in [4.69, 9.17) is 10.2 Å². The van der Waals surface area contributed by atoms with E-state index in [-0.39, 0.29) is 6.42 Å². The number of hydrogen-bond donors (Lipinski definition) is 2. The number of unbranched alkanes of at least 4 members (excludes halogenated alkanes) is 4. The highest BCUT2D eigenvalue weighted by Gasteiger charge is 2.10. The van der Waals surface area contributed by atoms with Gasteiger partial charge < -0.3 is 10.2 Å². The highest BCUT2D eigenvalue weighted by molar-refractivity contribution is 5.71. The molecule has 0 aliphatic rings. The third kappa shape index (κ3) is 16.6. The molecule has 3 nitrogen and oxygen atoms in total. The second kappa shape index (κ2) is 16.8. The quantitative estimate of drug-likeness (QED) is 0.263. The van der Waals surface area contributed by atoms with Crippen molar-refractivity contribution in [2.75, 3.05) is 0 Å². The van der Waals surface area contributed by atoms with Crippen molar-refractivity contribution in [3.8, 4) is 0 Å². The first-order valence-corrected chi connectivity index (χ1v) is 8.71. The molecule has 0 saturated carbocycles. The molecular weight excluding hydrogens is 288 g/mol. The average Bonchev–Trinajstić information content (AvgIpc) is 2.54. The predicted molar refractivity (Wildman–Crippen MR) is 97.4 cm³/mol. The SMILES string of the molecule is CCCCCC=CCCC=CC=CCC=CCCC(O)C(=O)O. The van der Waals surface area contributed by atoms with Gasteiger partial charge in [0.05, 0.1) is 0 Å². The molecule has 3 heteroatoms. The van der Waals surface area contributed by atoms with Gasteiger partial charge in [-0.15, -0.1) is 0 Å². The van der Waals surface area contributed by atoms with Crippen molar-refractivity contribution < 1.29 is 15.0 Å². The first kappa shape index (κ1) is 21.4. The number of carboxylic acid groups (broad SMARTS) is 1. The predicted octanol–water partition coefficient (Wildman–Crippen LogP) is 5.19. The molecule has 0 aliphatic carbocycles. The Morgan fingerprint density at radius 3 is 2.26 bits per heavy atom. The zero-order valence-electron chi connectivity index (χ0n) is 14.4. The minimum absolute atomic E-state index is 0.265. The Bertz CT molecular complexity index is 392. The van der Waals surface area contributed by atoms with Crippen LogP contribution in [0.4, 0.5) is 0 Å². The van der Waals surface area contributed by atoms with Crippen LogP contribution in [0, 0.1) is 0 Å². The summed E-state index contributed by atoms with van der Waals surface area (Å²) in [6, 6.07) is 0. The first-order valence-electron chi connectivity index (χ1n) is 8.71. The Kier molecular flexibility index (Phi) is 15.6. The molecule has 0 heterocycles. The second-order valence-electron chi connectivity index (χ2n) is 5.54. The van der Waals surface area contributed by atoms with Crippen molar-refractivity contribution in [3.63, 3.8) is 0 Å². The van der Waals surface area contributed by atoms with Gasteiger partial charge in [-0.05, 0) is 44.9 Å². The van der Waals surface area contributed by atoms with Gasteiger partial charge in [0.25, 0.3) is 0 Å². The molecule has 0 aromatic carbocycles. The van der Waals surface area contributed by atoms with Crippen molar-refractivity contribution in [2.45, 2.75) is 70.8 Å². The molecule has 0 saturated heterocycles. The molecule has 0 aromatic rings. The van der Waals surface area contributed by atoms with Gasteiger partial charge in [0.15, 0.2) is 6.10 Å². The lowest BCUT2D eigenvalue weighted by molar-refractivity contribution is -0.146. The molecule has 0 bridgehead atoms. The molecule has 0 aliphatic heterocycles. The Labute approximate surface area is 141 Å². The number of aliphatic carboxylic acids is 1. The van der Waals surface area contributed by atoms with Crippen LogP contribution in [0.15, 0.2) is 48.6 Å². The fourth-order valence-electron chi connectivity index (χ4n) is 1.94. The Morgan fingerprint density at radius 2 is 1.52 bits per heavy atom. The van der Waals surface area contributed by atoms with Crippen molar-refractivity contribution in [2.24, 2.45) is 0 Å². The van der Waals surface area contributed by atoms with E-state index in [1.54, 1.807) is 0 Å². The molecule has 0 spiro atoms. The van der Waals surface area contributed by atoms with Gasteiger partial charge in [-0.1, -0.05) is 68.4 Å². The molecule has 23 heavy (non-hydrogen) atoms. The lowest BCUT2D eigenvalue weighted by atomic mass is 10.2. The Morgan fingerprint density at radius 1 is 0.870 bits per heavy atom. The summed E-state index contributed by atoms with van der Waals surface area (Å²) in [5.41, 5.74) is 0. The second-order valence-corrected chi connectivity index (χ2v) is 5.54. The highest BCUT2D eigenvalue weighted by Crippen LogP contribution is 2.02. The summed E-state index contributed by atoms with van der Waals surface area (Å²) >= 11 is 0. The minimum atomic E-state index is -1.25. The number of allylic oxidation sites excluding steroid dienone is 8. The normalized spacial score (nSPS) is 13.8. The van der Waals surface area contributed by atoms with Crippen molar-refractivity contribution in [1.29, 1.82) is 0 Å². The smallest absolute Gasteiger partial charge is 0.332 e. The largest absolute Gasteiger partial charge is 0.479 e. The van der Waals surface area contributed by atoms with E-state index in [2.05, 4.69) is 37.3 Å². The lowest BCUT2D eigenvalue weighted by Gasteiger charge is -2.00. The molecule has 0 radical (unpaired) electrons. The highest BCUT2D eigenvalue weighted by atomic mass is 16.4. The monoisotopic (exact) mass is 320 g/mol. The van der Waals surface area contributed by atoms with Crippen LogP contribution >= 0.6 is 0 Å². The van der Waals surface area contributed by atoms with Gasteiger partial charge in [0.1, 0.15) is 0 Å². The van der Waals surface area contributed by atoms with Gasteiger partial charge in [-0.25, -0.2) is 4.79 Å². The molecule has 0 aromatic heterocycles. The lowest BCUT2D eigenvalue weighted by Crippen LogP contribution is -2.18. The number of aliphatic hydroxyl groups excluding tert-OH is 1. The summed E-state index contributed by atoms with van der Waals surface area (Å²) < 4.78 is 0. The summed E-state index contributed by atoms with van der Waals surface area (Å²) in [5.74, 6) is -1.15. The molecule has 0 rings (SSSR count). The Balaban J connectivity index is 3.50. The molecule has 1 atom stereocenters. The molecule has 0 fully saturated rings. The number of aliphatic hydroxyl groups is 1. The molecule has 130 valence electrons. The first-order chi connectivity index (χ1) is 11.2. The summed E-state index contributed by atoms with van der Waals surface area (Å²) in [5, 5.41) is 17.6. The number of hydrogen-bond acceptors (Lipinski definition) is 2. The molecule has 1 unspecified atom stereocenters. The minimum Gasteiger partial charge on any atom is -0.479 e. The molecule has 0 amide bonds. The van der Waals surface area contributed by atoms with Crippen LogP contribution in [0.25, 0.3) is 0 Å². The summed E-state index contributed by atoms with van der Waals surface area (Å²) in [6.07, 6.45) is 24.4. The van der Waals surface area contributed by atoms with Crippen molar-refractivity contribution in [1.82, 2.24) is 0 Å². The number of carboxylic acids is 1. The molecule has 2 N–H and O–H groups in total. The van der Waals surface area contributed by atoms with Gasteiger partial charge >= 0.3 is 5.97 Å². The van der Waals surface area contributed by atoms with Crippen LogP contribution < -0.4 is 0 Å². The maximum atomic E-state index is 10.4. The van der Waals surface area contributed by atoms with E-state index in [0.717, 1.165) is 19.3 Å². The van der Waals surface area contributed by atoms with E-state index < -0.39 is 12.1 Å². The Hall–Kier alpha value is -1.61. The maximum Gasteiger partial charge on any atom is 0.332 e. The van der Waals surface area contributed by atoms with Crippen LogP contribution in [0.3, 0.4) is 0 Å². The molecular formula is C20H32O3. The topological polar surface area (TPSA) is 57.5 Å². The fraction of sp³-hybridized carbons (Fsp3) is 0.550. The van der Waals surface area contributed by atoms with Gasteiger partial charge in [0, 0.05) is 0 Å². The van der Waals surface area contributed by atoms with Crippen LogP contribution in [0.5, 0.6) is 0 Å². The fourth-order valence-corrected chi connectivity index (χ4v) is 1.94. The van der Waals surface area contributed by atoms with Crippen LogP contribution in [-0.2, 0) is 4.79 Å². The standard InChI is InChI=1S/C20H32O3/c1-2-3-4-5-6-7-8-9-10-11-12-13-14-15-16-17-18-19(21)20(22)23/h6-7,10-13,15-16,19,21H,2-5,8-9,14,17-18H2,1H3,(H,22,23). The van der Waals surface area contributed by atoms with E-state index in [9.17, 15) is 4.79 Å². The zero-order valence-corrected chi connectivity index (χ0v) is 14.4. The van der Waals surface area contributed by atoms with E-state index in [1.807, 2.05) is 18.2 Å². The van der Waals surface area contributed by atoms with Crippen LogP contribution in [0.1, 0.15) is 64.7 Å². The third-order valence-electron chi connectivity index (χ3n) is 3.35. The van der Waals surface area contributed by atoms with Gasteiger partial charge in [0.2, 0.25) is 0 Å². The van der Waals surface area contributed by atoms with Gasteiger partial charge in [-0.2, -0.15) is 0 Å².